The van der Waals surface area contributed by atoms with Gasteiger partial charge in [0.25, 0.3) is 0 Å². The van der Waals surface area contributed by atoms with Gasteiger partial charge < -0.3 is 23.8 Å². The zero-order chi connectivity index (χ0) is 26.2. The molecule has 0 bridgehead atoms. The highest BCUT2D eigenvalue weighted by Gasteiger charge is 2.35. The molecule has 2 unspecified atom stereocenters. The highest BCUT2D eigenvalue weighted by molar-refractivity contribution is 5.98. The van der Waals surface area contributed by atoms with Crippen LogP contribution in [0.2, 0.25) is 0 Å². The molecule has 1 heterocycles. The second-order valence-electron chi connectivity index (χ2n) is 10.3. The molecule has 196 valence electrons. The second-order valence-corrected chi connectivity index (χ2v) is 10.3. The lowest BCUT2D eigenvalue weighted by Crippen LogP contribution is -2.26. The molecule has 1 aliphatic heterocycles. The number of nitrogens with zero attached hydrogens (tertiary/aromatic N) is 1. The Morgan fingerprint density at radius 2 is 1.55 bits per heavy atom. The Morgan fingerprint density at radius 1 is 0.763 bits per heavy atom. The predicted octanol–water partition coefficient (Wildman–Crippen LogP) is 6.89. The van der Waals surface area contributed by atoms with Gasteiger partial charge in [-0.15, -0.1) is 0 Å². The summed E-state index contributed by atoms with van der Waals surface area (Å²) < 4.78 is 23.2. The van der Waals surface area contributed by atoms with Crippen molar-refractivity contribution in [3.05, 3.63) is 83.4 Å². The first-order chi connectivity index (χ1) is 18.6. The Balaban J connectivity index is 1.39. The molecule has 0 aromatic heterocycles. The molecule has 0 amide bonds. The fourth-order valence-electron chi connectivity index (χ4n) is 6.30. The normalized spacial score (nSPS) is 18.3. The third-order valence-corrected chi connectivity index (χ3v) is 8.31. The Hall–Kier alpha value is -3.70. The summed E-state index contributed by atoms with van der Waals surface area (Å²) in [5.41, 5.74) is 6.02. The zero-order valence-corrected chi connectivity index (χ0v) is 22.6. The molecule has 0 saturated carbocycles. The van der Waals surface area contributed by atoms with Crippen molar-refractivity contribution < 1.29 is 18.9 Å². The SMILES string of the molecule is COc1cc(OC)c2c(c1)-c1ccc3cc(OC)ccc3c1C2c1ccc(OCCC2CCCN2C)cc1. The average Bonchev–Trinajstić information content (AvgIpc) is 3.53. The molecule has 4 aromatic carbocycles. The molecule has 4 aromatic rings. The average molecular weight is 510 g/mol. The summed E-state index contributed by atoms with van der Waals surface area (Å²) in [6.45, 7) is 1.93. The van der Waals surface area contributed by atoms with Gasteiger partial charge in [-0.2, -0.15) is 0 Å². The Kier molecular flexibility index (Phi) is 6.62. The van der Waals surface area contributed by atoms with Gasteiger partial charge in [-0.25, -0.2) is 0 Å². The number of benzene rings is 4. The van der Waals surface area contributed by atoms with Gasteiger partial charge in [0.2, 0.25) is 0 Å². The van der Waals surface area contributed by atoms with Gasteiger partial charge in [0.05, 0.1) is 27.9 Å². The summed E-state index contributed by atoms with van der Waals surface area (Å²) in [6.07, 6.45) is 3.62. The van der Waals surface area contributed by atoms with Crippen molar-refractivity contribution >= 4 is 10.8 Å². The van der Waals surface area contributed by atoms with Crippen LogP contribution >= 0.6 is 0 Å². The maximum absolute atomic E-state index is 6.16. The lowest BCUT2D eigenvalue weighted by Gasteiger charge is -2.20. The van der Waals surface area contributed by atoms with E-state index >= 15 is 0 Å². The van der Waals surface area contributed by atoms with Gasteiger partial charge in [-0.3, -0.25) is 0 Å². The van der Waals surface area contributed by atoms with Gasteiger partial charge in [0, 0.05) is 23.6 Å². The van der Waals surface area contributed by atoms with Crippen LogP contribution in [0.3, 0.4) is 0 Å². The molecular formula is C33H35NO4. The topological polar surface area (TPSA) is 40.2 Å². The van der Waals surface area contributed by atoms with Gasteiger partial charge in [0.1, 0.15) is 23.0 Å². The van der Waals surface area contributed by atoms with Crippen molar-refractivity contribution in [3.8, 4) is 34.1 Å². The van der Waals surface area contributed by atoms with Gasteiger partial charge in [-0.05, 0) is 96.2 Å². The molecule has 5 nitrogen and oxygen atoms in total. The summed E-state index contributed by atoms with van der Waals surface area (Å²) >= 11 is 0. The first-order valence-corrected chi connectivity index (χ1v) is 13.4. The van der Waals surface area contributed by atoms with E-state index in [0.717, 1.165) is 47.0 Å². The minimum atomic E-state index is 0.0270. The molecule has 0 radical (unpaired) electrons. The van der Waals surface area contributed by atoms with Crippen molar-refractivity contribution in [2.75, 3.05) is 41.5 Å². The van der Waals surface area contributed by atoms with E-state index in [2.05, 4.69) is 66.5 Å². The van der Waals surface area contributed by atoms with E-state index in [-0.39, 0.29) is 5.92 Å². The van der Waals surface area contributed by atoms with Gasteiger partial charge >= 0.3 is 0 Å². The highest BCUT2D eigenvalue weighted by Crippen LogP contribution is 2.55. The van der Waals surface area contributed by atoms with Crippen molar-refractivity contribution in [2.24, 2.45) is 0 Å². The van der Waals surface area contributed by atoms with Crippen LogP contribution in [0.1, 0.15) is 41.9 Å². The molecule has 1 aliphatic carbocycles. The lowest BCUT2D eigenvalue weighted by molar-refractivity contribution is 0.233. The van der Waals surface area contributed by atoms with Gasteiger partial charge in [0.15, 0.2) is 0 Å². The molecule has 0 spiro atoms. The maximum Gasteiger partial charge on any atom is 0.127 e. The van der Waals surface area contributed by atoms with Crippen molar-refractivity contribution in [3.63, 3.8) is 0 Å². The van der Waals surface area contributed by atoms with Crippen molar-refractivity contribution in [2.45, 2.75) is 31.2 Å². The molecule has 0 N–H and O–H groups in total. The molecule has 6 rings (SSSR count). The fraction of sp³-hybridized carbons (Fsp3) is 0.333. The summed E-state index contributed by atoms with van der Waals surface area (Å²) in [7, 11) is 7.36. The fourth-order valence-corrected chi connectivity index (χ4v) is 6.30. The van der Waals surface area contributed by atoms with Crippen LogP contribution in [0, 0.1) is 0 Å². The summed E-state index contributed by atoms with van der Waals surface area (Å²) in [5, 5.41) is 2.37. The molecular weight excluding hydrogens is 474 g/mol. The Morgan fingerprint density at radius 3 is 2.26 bits per heavy atom. The van der Waals surface area contributed by atoms with Crippen LogP contribution in [0.4, 0.5) is 0 Å². The van der Waals surface area contributed by atoms with E-state index in [0.29, 0.717) is 6.04 Å². The zero-order valence-electron chi connectivity index (χ0n) is 22.6. The number of hydrogen-bond acceptors (Lipinski definition) is 5. The third kappa shape index (κ3) is 4.25. The predicted molar refractivity (Wildman–Crippen MR) is 152 cm³/mol. The van der Waals surface area contributed by atoms with Crippen LogP contribution < -0.4 is 18.9 Å². The van der Waals surface area contributed by atoms with E-state index in [1.165, 1.54) is 47.0 Å². The molecule has 2 aliphatic rings. The van der Waals surface area contributed by atoms with Crippen LogP contribution in [-0.2, 0) is 0 Å². The number of hydrogen-bond donors (Lipinski definition) is 0. The second kappa shape index (κ2) is 10.2. The van der Waals surface area contributed by atoms with E-state index < -0.39 is 0 Å². The molecule has 1 saturated heterocycles. The minimum absolute atomic E-state index is 0.0270. The minimum Gasteiger partial charge on any atom is -0.497 e. The van der Waals surface area contributed by atoms with Crippen LogP contribution in [0.5, 0.6) is 23.0 Å². The van der Waals surface area contributed by atoms with E-state index in [1.54, 1.807) is 21.3 Å². The summed E-state index contributed by atoms with van der Waals surface area (Å²) in [5.74, 6) is 3.42. The maximum atomic E-state index is 6.16. The molecule has 5 heteroatoms. The van der Waals surface area contributed by atoms with E-state index in [4.69, 9.17) is 18.9 Å². The molecule has 1 fully saturated rings. The van der Waals surface area contributed by atoms with E-state index in [9.17, 15) is 0 Å². The van der Waals surface area contributed by atoms with Crippen molar-refractivity contribution in [1.82, 2.24) is 4.90 Å². The lowest BCUT2D eigenvalue weighted by atomic mass is 9.86. The van der Waals surface area contributed by atoms with Crippen LogP contribution in [-0.4, -0.2) is 52.5 Å². The third-order valence-electron chi connectivity index (χ3n) is 8.31. The Bertz CT molecular complexity index is 1460. The standard InChI is InChI=1S/C33H35NO4/c1-34-16-5-6-23(34)15-17-38-24-10-7-21(8-11-24)31-32-27-14-12-25(35-2)18-22(27)9-13-28(32)29-19-26(36-3)20-30(37-4)33(29)31/h7-14,18-20,23,31H,5-6,15-17H2,1-4H3. The highest BCUT2D eigenvalue weighted by atomic mass is 16.5. The number of ether oxygens (including phenoxy) is 4. The largest absolute Gasteiger partial charge is 0.497 e. The molecule has 38 heavy (non-hydrogen) atoms. The molecule has 2 atom stereocenters. The van der Waals surface area contributed by atoms with Crippen LogP contribution in [0.25, 0.3) is 21.9 Å². The van der Waals surface area contributed by atoms with E-state index in [1.807, 2.05) is 12.1 Å². The number of fused-ring (bicyclic) bond motifs is 5. The first-order valence-electron chi connectivity index (χ1n) is 13.4. The first kappa shape index (κ1) is 24.6. The number of methoxy groups -OCH3 is 3. The van der Waals surface area contributed by atoms with Gasteiger partial charge in [-0.1, -0.05) is 30.3 Å². The van der Waals surface area contributed by atoms with Crippen molar-refractivity contribution in [1.29, 1.82) is 0 Å². The van der Waals surface area contributed by atoms with Crippen LogP contribution in [0.15, 0.2) is 66.7 Å². The quantitative estimate of drug-likeness (QED) is 0.228. The monoisotopic (exact) mass is 509 g/mol. The smallest absolute Gasteiger partial charge is 0.127 e. The number of likely N-dealkylation sites (tertiary alicyclic amines) is 1. The Labute approximate surface area is 224 Å². The number of rotatable bonds is 8. The summed E-state index contributed by atoms with van der Waals surface area (Å²) in [6, 6.07) is 24.1. The summed E-state index contributed by atoms with van der Waals surface area (Å²) in [4.78, 5) is 2.45.